The first kappa shape index (κ1) is 34.1. The van der Waals surface area contributed by atoms with Crippen LogP contribution in [0.1, 0.15) is 47.7 Å². The van der Waals surface area contributed by atoms with Gasteiger partial charge in [-0.1, -0.05) is 66.0 Å². The quantitative estimate of drug-likeness (QED) is 0.111. The molecule has 254 valence electrons. The van der Waals surface area contributed by atoms with E-state index in [1.54, 1.807) is 25.1 Å². The maximum absolute atomic E-state index is 14.5. The molecule has 0 N–H and O–H groups in total. The number of carbonyl (C=O) groups is 2. The van der Waals surface area contributed by atoms with Crippen LogP contribution in [0.15, 0.2) is 101 Å². The minimum absolute atomic E-state index is 0.0203. The van der Waals surface area contributed by atoms with Gasteiger partial charge in [-0.05, 0) is 74.7 Å². The summed E-state index contributed by atoms with van der Waals surface area (Å²) in [6, 6.07) is 18.0. The van der Waals surface area contributed by atoms with Gasteiger partial charge in [-0.25, -0.2) is 14.5 Å². The van der Waals surface area contributed by atoms with Gasteiger partial charge in [0.15, 0.2) is 16.3 Å². The molecule has 0 bridgehead atoms. The summed E-state index contributed by atoms with van der Waals surface area (Å²) >= 11 is 1.22. The summed E-state index contributed by atoms with van der Waals surface area (Å²) in [5, 5.41) is 5.03. The number of esters is 2. The second kappa shape index (κ2) is 14.0. The lowest BCUT2D eigenvalue weighted by Gasteiger charge is -2.25. The highest BCUT2D eigenvalue weighted by Gasteiger charge is 2.34. The van der Waals surface area contributed by atoms with Crippen molar-refractivity contribution in [1.29, 1.82) is 0 Å². The number of aryl methyl sites for hydroxylation is 3. The van der Waals surface area contributed by atoms with Crippen LogP contribution in [-0.2, 0) is 14.3 Å². The number of hydrogen-bond acceptors (Lipinski definition) is 9. The fourth-order valence-corrected chi connectivity index (χ4v) is 7.34. The number of rotatable bonds is 9. The smallest absolute Gasteiger partial charge is 0.338 e. The van der Waals surface area contributed by atoms with Crippen LogP contribution in [0.2, 0.25) is 0 Å². The molecule has 0 saturated carbocycles. The van der Waals surface area contributed by atoms with E-state index in [0.717, 1.165) is 39.2 Å². The molecule has 1 aliphatic heterocycles. The molecule has 11 heteroatoms. The number of nitrogens with zero attached hydrogens (tertiary/aromatic N) is 4. The van der Waals surface area contributed by atoms with Crippen LogP contribution in [0.5, 0.6) is 11.5 Å². The van der Waals surface area contributed by atoms with E-state index in [1.807, 2.05) is 47.3 Å². The fraction of sp³-hybridized carbons (Fsp3) is 0.205. The first-order valence-corrected chi connectivity index (χ1v) is 16.7. The predicted molar refractivity (Wildman–Crippen MR) is 192 cm³/mol. The Labute approximate surface area is 292 Å². The number of fused-ring (bicyclic) bond motifs is 1. The first-order chi connectivity index (χ1) is 24.0. The Hall–Kier alpha value is -5.81. The third-order valence-electron chi connectivity index (χ3n) is 8.29. The lowest BCUT2D eigenvalue weighted by atomic mass is 9.95. The zero-order chi connectivity index (χ0) is 35.7. The molecule has 0 spiro atoms. The summed E-state index contributed by atoms with van der Waals surface area (Å²) in [6.45, 7) is 12.8. The monoisotopic (exact) mass is 688 g/mol. The topological polar surface area (TPSA) is 114 Å². The number of hydrogen-bond donors (Lipinski definition) is 0. The van der Waals surface area contributed by atoms with Gasteiger partial charge in [-0.2, -0.15) is 5.10 Å². The van der Waals surface area contributed by atoms with E-state index >= 15 is 0 Å². The Balaban J connectivity index is 1.58. The van der Waals surface area contributed by atoms with Crippen molar-refractivity contribution < 1.29 is 23.8 Å². The molecule has 3 aromatic carbocycles. The number of benzene rings is 3. The van der Waals surface area contributed by atoms with Gasteiger partial charge in [0.1, 0.15) is 12.3 Å². The largest absolute Gasteiger partial charge is 0.493 e. The van der Waals surface area contributed by atoms with Crippen molar-refractivity contribution in [2.75, 3.05) is 13.7 Å². The summed E-state index contributed by atoms with van der Waals surface area (Å²) in [4.78, 5) is 44.9. The summed E-state index contributed by atoms with van der Waals surface area (Å²) in [7, 11) is 1.45. The van der Waals surface area contributed by atoms with E-state index in [9.17, 15) is 14.4 Å². The third kappa shape index (κ3) is 6.47. The molecule has 2 aromatic heterocycles. The van der Waals surface area contributed by atoms with Crippen LogP contribution in [0, 0.1) is 20.8 Å². The van der Waals surface area contributed by atoms with Gasteiger partial charge in [0, 0.05) is 24.2 Å². The Kier molecular flexibility index (Phi) is 9.52. The number of para-hydroxylation sites is 1. The molecule has 5 aromatic rings. The summed E-state index contributed by atoms with van der Waals surface area (Å²) in [5.74, 6) is -0.683. The molecule has 0 amide bonds. The van der Waals surface area contributed by atoms with Gasteiger partial charge in [0.25, 0.3) is 5.56 Å². The average Bonchev–Trinajstić information content (AvgIpc) is 3.62. The molecule has 1 unspecified atom stereocenters. The highest BCUT2D eigenvalue weighted by molar-refractivity contribution is 7.07. The molecule has 3 heterocycles. The van der Waals surface area contributed by atoms with Crippen molar-refractivity contribution in [3.63, 3.8) is 0 Å². The molecule has 6 rings (SSSR count). The second-order valence-electron chi connectivity index (χ2n) is 12.0. The lowest BCUT2D eigenvalue weighted by Crippen LogP contribution is -2.40. The first-order valence-electron chi connectivity index (χ1n) is 15.9. The summed E-state index contributed by atoms with van der Waals surface area (Å²) in [6.07, 6.45) is 5.22. The zero-order valence-corrected chi connectivity index (χ0v) is 29.5. The van der Waals surface area contributed by atoms with E-state index in [0.29, 0.717) is 20.6 Å². The molecule has 0 saturated heterocycles. The number of ether oxygens (including phenoxy) is 3. The maximum atomic E-state index is 14.5. The van der Waals surface area contributed by atoms with Crippen LogP contribution >= 0.6 is 11.3 Å². The SMILES string of the molecule is C=CCOC(=O)C1=C(C)N=c2s/c(=C\c3cn(-c4ccccc4)nc3-c3c(C)cc(C)cc3C)c(=O)n2C1c1ccc(OC(C)=O)c(OC)c1. The fourth-order valence-electron chi connectivity index (χ4n) is 6.30. The second-order valence-corrected chi connectivity index (χ2v) is 13.0. The van der Waals surface area contributed by atoms with E-state index in [2.05, 4.69) is 39.5 Å². The van der Waals surface area contributed by atoms with Gasteiger partial charge >= 0.3 is 11.9 Å². The minimum Gasteiger partial charge on any atom is -0.493 e. The van der Waals surface area contributed by atoms with Gasteiger partial charge in [-0.3, -0.25) is 14.2 Å². The maximum Gasteiger partial charge on any atom is 0.338 e. The molecule has 0 radical (unpaired) electrons. The standard InChI is InChI=1S/C39H36N4O6S/c1-8-16-48-38(46)34-25(5)40-39-43(36(34)27-14-15-30(49-26(6)44)31(19-27)47-7)37(45)32(50-39)20-28-21-42(29-12-10-9-11-13-29)41-35(28)33-23(3)17-22(2)18-24(33)4/h8-15,17-21,36H,1,16H2,2-7H3/b32-20-. The lowest BCUT2D eigenvalue weighted by molar-refractivity contribution is -0.138. The van der Waals surface area contributed by atoms with Crippen LogP contribution in [0.4, 0.5) is 0 Å². The number of methoxy groups -OCH3 is 1. The zero-order valence-electron chi connectivity index (χ0n) is 28.6. The summed E-state index contributed by atoms with van der Waals surface area (Å²) < 4.78 is 20.1. The van der Waals surface area contributed by atoms with Crippen molar-refractivity contribution in [3.8, 4) is 28.4 Å². The Morgan fingerprint density at radius 1 is 1.00 bits per heavy atom. The van der Waals surface area contributed by atoms with Crippen molar-refractivity contribution >= 4 is 29.4 Å². The molecule has 1 atom stereocenters. The minimum atomic E-state index is -0.918. The van der Waals surface area contributed by atoms with E-state index < -0.39 is 18.0 Å². The number of thiazole rings is 1. The number of allylic oxidation sites excluding steroid dienone is 1. The molecule has 1 aliphatic rings. The normalized spacial score (nSPS) is 14.2. The van der Waals surface area contributed by atoms with Gasteiger partial charge in [0.05, 0.1) is 34.6 Å². The van der Waals surface area contributed by atoms with Crippen LogP contribution in [-0.4, -0.2) is 40.0 Å². The van der Waals surface area contributed by atoms with Crippen molar-refractivity contribution in [2.24, 2.45) is 4.99 Å². The highest BCUT2D eigenvalue weighted by Crippen LogP contribution is 2.37. The average molecular weight is 689 g/mol. The van der Waals surface area contributed by atoms with Crippen LogP contribution in [0.3, 0.4) is 0 Å². The Morgan fingerprint density at radius 2 is 1.72 bits per heavy atom. The Morgan fingerprint density at radius 3 is 2.38 bits per heavy atom. The van der Waals surface area contributed by atoms with Crippen LogP contribution < -0.4 is 24.4 Å². The Bertz CT molecular complexity index is 2360. The molecule has 0 aliphatic carbocycles. The molecular formula is C39H36N4O6S. The third-order valence-corrected chi connectivity index (χ3v) is 9.28. The number of carbonyl (C=O) groups excluding carboxylic acids is 2. The van der Waals surface area contributed by atoms with Gasteiger partial charge in [-0.15, -0.1) is 0 Å². The predicted octanol–water partition coefficient (Wildman–Crippen LogP) is 5.68. The summed E-state index contributed by atoms with van der Waals surface area (Å²) in [5.41, 5.74) is 7.43. The molecule has 0 fully saturated rings. The number of aromatic nitrogens is 3. The highest BCUT2D eigenvalue weighted by atomic mass is 32.1. The van der Waals surface area contributed by atoms with E-state index in [1.165, 1.54) is 36.0 Å². The van der Waals surface area contributed by atoms with Gasteiger partial charge < -0.3 is 14.2 Å². The molecule has 50 heavy (non-hydrogen) atoms. The van der Waals surface area contributed by atoms with Gasteiger partial charge in [0.2, 0.25) is 0 Å². The van der Waals surface area contributed by atoms with Crippen molar-refractivity contribution in [1.82, 2.24) is 14.3 Å². The van der Waals surface area contributed by atoms with E-state index in [4.69, 9.17) is 24.3 Å². The molecular weight excluding hydrogens is 653 g/mol. The molecule has 10 nitrogen and oxygen atoms in total. The van der Waals surface area contributed by atoms with Crippen LogP contribution in [0.25, 0.3) is 23.0 Å². The van der Waals surface area contributed by atoms with Crippen molar-refractivity contribution in [3.05, 3.63) is 138 Å². The van der Waals surface area contributed by atoms with Crippen molar-refractivity contribution in [2.45, 2.75) is 40.7 Å². The van der Waals surface area contributed by atoms with E-state index in [-0.39, 0.29) is 29.2 Å².